The average Bonchev–Trinajstić information content (AvgIpc) is 2.26. The van der Waals surface area contributed by atoms with E-state index in [4.69, 9.17) is 27.9 Å². The second-order valence-electron chi connectivity index (χ2n) is 3.86. The number of rotatable bonds is 2. The lowest BCUT2D eigenvalue weighted by Crippen LogP contribution is -2.55. The number of hydrogen-bond donors (Lipinski definition) is 0. The predicted octanol–water partition coefficient (Wildman–Crippen LogP) is 3.99. The van der Waals surface area contributed by atoms with E-state index >= 15 is 0 Å². The molecule has 5 heteroatoms. The fourth-order valence-corrected chi connectivity index (χ4v) is 2.37. The van der Waals surface area contributed by atoms with Crippen molar-refractivity contribution in [3.05, 3.63) is 29.8 Å². The van der Waals surface area contributed by atoms with E-state index in [1.165, 1.54) is 0 Å². The highest BCUT2D eigenvalue weighted by atomic mass is 35.5. The third kappa shape index (κ3) is 1.66. The molecule has 1 aliphatic carbocycles. The highest BCUT2D eigenvalue weighted by Gasteiger charge is 2.67. The van der Waals surface area contributed by atoms with Gasteiger partial charge in [-0.1, -0.05) is 35.3 Å². The van der Waals surface area contributed by atoms with Gasteiger partial charge in [-0.3, -0.25) is 0 Å². The molecule has 0 N–H and O–H groups in total. The normalized spacial score (nSPS) is 25.9. The van der Waals surface area contributed by atoms with Crippen LogP contribution in [0.1, 0.15) is 17.9 Å². The number of ether oxygens (including phenoxy) is 1. The van der Waals surface area contributed by atoms with Crippen LogP contribution in [0.4, 0.5) is 8.78 Å². The Labute approximate surface area is 102 Å². The molecule has 0 radical (unpaired) electrons. The molecule has 0 aromatic heterocycles. The monoisotopic (exact) mass is 266 g/mol. The van der Waals surface area contributed by atoms with E-state index in [2.05, 4.69) is 0 Å². The smallest absolute Gasteiger partial charge is 0.281 e. The summed E-state index contributed by atoms with van der Waals surface area (Å²) in [5.41, 5.74) is 0.705. The van der Waals surface area contributed by atoms with Crippen molar-refractivity contribution in [1.29, 1.82) is 0 Å². The Kier molecular flexibility index (Phi) is 2.79. The number of benzene rings is 1. The van der Waals surface area contributed by atoms with Gasteiger partial charge in [-0.2, -0.15) is 0 Å². The standard InChI is InChI=1S/C11H10Cl2F2O/c1-16-8-4-2-7(3-5-8)9-6-10(14,15)11(9,12)13/h2-5,9H,6H2,1H3. The lowest BCUT2D eigenvalue weighted by molar-refractivity contribution is -0.0980. The van der Waals surface area contributed by atoms with E-state index in [1.807, 2.05) is 0 Å². The molecule has 1 saturated carbocycles. The molecule has 2 rings (SSSR count). The van der Waals surface area contributed by atoms with E-state index in [-0.39, 0.29) is 6.42 Å². The van der Waals surface area contributed by atoms with Crippen molar-refractivity contribution in [2.45, 2.75) is 22.6 Å². The average molecular weight is 267 g/mol. The zero-order valence-electron chi connectivity index (χ0n) is 8.51. The van der Waals surface area contributed by atoms with Gasteiger partial charge in [0.2, 0.25) is 0 Å². The predicted molar refractivity (Wildman–Crippen MR) is 59.7 cm³/mol. The maximum atomic E-state index is 13.1. The van der Waals surface area contributed by atoms with Crippen molar-refractivity contribution in [3.63, 3.8) is 0 Å². The Morgan fingerprint density at radius 1 is 1.25 bits per heavy atom. The Hall–Kier alpha value is -0.540. The first kappa shape index (κ1) is 11.9. The van der Waals surface area contributed by atoms with E-state index in [0.29, 0.717) is 11.3 Å². The Balaban J connectivity index is 2.21. The molecule has 1 aromatic rings. The van der Waals surface area contributed by atoms with Gasteiger partial charge in [0.1, 0.15) is 5.75 Å². The quantitative estimate of drug-likeness (QED) is 0.736. The molecule has 88 valence electrons. The van der Waals surface area contributed by atoms with Crippen LogP contribution < -0.4 is 4.74 Å². The van der Waals surface area contributed by atoms with Crippen LogP contribution in [0.3, 0.4) is 0 Å². The highest BCUT2D eigenvalue weighted by Crippen LogP contribution is 2.62. The lowest BCUT2D eigenvalue weighted by atomic mass is 9.75. The number of methoxy groups -OCH3 is 1. The van der Waals surface area contributed by atoms with Gasteiger partial charge in [-0.25, -0.2) is 8.78 Å². The van der Waals surface area contributed by atoms with Crippen molar-refractivity contribution in [1.82, 2.24) is 0 Å². The molecule has 0 spiro atoms. The van der Waals surface area contributed by atoms with Crippen LogP contribution in [-0.4, -0.2) is 17.4 Å². The largest absolute Gasteiger partial charge is 0.497 e. The number of halogens is 4. The minimum atomic E-state index is -3.01. The highest BCUT2D eigenvalue weighted by molar-refractivity contribution is 6.50. The maximum absolute atomic E-state index is 13.1. The van der Waals surface area contributed by atoms with E-state index in [0.717, 1.165) is 0 Å². The van der Waals surface area contributed by atoms with Gasteiger partial charge in [-0.15, -0.1) is 0 Å². The van der Waals surface area contributed by atoms with Gasteiger partial charge in [0.15, 0.2) is 4.33 Å². The Bertz CT molecular complexity index is 389. The first-order chi connectivity index (χ1) is 7.38. The van der Waals surface area contributed by atoms with Crippen LogP contribution in [0.2, 0.25) is 0 Å². The summed E-state index contributed by atoms with van der Waals surface area (Å²) in [7, 11) is 1.54. The molecule has 1 aromatic carbocycles. The van der Waals surface area contributed by atoms with E-state index in [9.17, 15) is 8.78 Å². The van der Waals surface area contributed by atoms with Crippen LogP contribution >= 0.6 is 23.2 Å². The third-order valence-corrected chi connectivity index (χ3v) is 3.98. The van der Waals surface area contributed by atoms with Crippen LogP contribution in [0, 0.1) is 0 Å². The summed E-state index contributed by atoms with van der Waals surface area (Å²) in [6, 6.07) is 6.82. The molecule has 0 bridgehead atoms. The van der Waals surface area contributed by atoms with Crippen LogP contribution in [0.15, 0.2) is 24.3 Å². The molecule has 0 saturated heterocycles. The molecule has 0 amide bonds. The Morgan fingerprint density at radius 2 is 1.81 bits per heavy atom. The lowest BCUT2D eigenvalue weighted by Gasteiger charge is -2.47. The van der Waals surface area contributed by atoms with Crippen molar-refractivity contribution >= 4 is 23.2 Å². The van der Waals surface area contributed by atoms with Gasteiger partial charge in [0.05, 0.1) is 7.11 Å². The van der Waals surface area contributed by atoms with Gasteiger partial charge in [-0.05, 0) is 17.7 Å². The summed E-state index contributed by atoms with van der Waals surface area (Å²) in [6.45, 7) is 0. The van der Waals surface area contributed by atoms with Gasteiger partial charge in [0, 0.05) is 12.3 Å². The summed E-state index contributed by atoms with van der Waals surface area (Å²) in [4.78, 5) is 0. The molecule has 1 unspecified atom stereocenters. The Morgan fingerprint density at radius 3 is 2.19 bits per heavy atom. The molecule has 1 nitrogen and oxygen atoms in total. The van der Waals surface area contributed by atoms with Gasteiger partial charge in [0.25, 0.3) is 5.92 Å². The summed E-state index contributed by atoms with van der Waals surface area (Å²) >= 11 is 11.3. The number of alkyl halides is 4. The molecule has 0 heterocycles. The maximum Gasteiger partial charge on any atom is 0.281 e. The molecule has 16 heavy (non-hydrogen) atoms. The molecular formula is C11H10Cl2F2O. The van der Waals surface area contributed by atoms with Crippen molar-refractivity contribution in [3.8, 4) is 5.75 Å². The first-order valence-electron chi connectivity index (χ1n) is 4.78. The van der Waals surface area contributed by atoms with E-state index in [1.54, 1.807) is 31.4 Å². The molecular weight excluding hydrogens is 257 g/mol. The minimum absolute atomic E-state index is 0.313. The van der Waals surface area contributed by atoms with Gasteiger partial charge >= 0.3 is 0 Å². The van der Waals surface area contributed by atoms with Crippen molar-refractivity contribution in [2.24, 2.45) is 0 Å². The molecule has 1 atom stereocenters. The van der Waals surface area contributed by atoms with Crippen molar-refractivity contribution in [2.75, 3.05) is 7.11 Å². The second kappa shape index (κ2) is 3.74. The second-order valence-corrected chi connectivity index (χ2v) is 5.24. The summed E-state index contributed by atoms with van der Waals surface area (Å²) in [5.74, 6) is -2.87. The molecule has 1 fully saturated rings. The fraction of sp³-hybridized carbons (Fsp3) is 0.455. The van der Waals surface area contributed by atoms with Crippen LogP contribution in [0.5, 0.6) is 5.75 Å². The summed E-state index contributed by atoms with van der Waals surface area (Å²) in [5, 5.41) is 0. The van der Waals surface area contributed by atoms with Gasteiger partial charge < -0.3 is 4.74 Å². The molecule has 1 aliphatic rings. The SMILES string of the molecule is COc1ccc(C2CC(F)(F)C2(Cl)Cl)cc1. The zero-order chi connectivity index (χ0) is 12.0. The summed E-state index contributed by atoms with van der Waals surface area (Å²) < 4.78 is 29.2. The van der Waals surface area contributed by atoms with Crippen LogP contribution in [-0.2, 0) is 0 Å². The minimum Gasteiger partial charge on any atom is -0.497 e. The first-order valence-corrected chi connectivity index (χ1v) is 5.53. The fourth-order valence-electron chi connectivity index (χ4n) is 1.81. The zero-order valence-corrected chi connectivity index (χ0v) is 10.0. The van der Waals surface area contributed by atoms with Crippen LogP contribution in [0.25, 0.3) is 0 Å². The topological polar surface area (TPSA) is 9.23 Å². The summed E-state index contributed by atoms with van der Waals surface area (Å²) in [6.07, 6.45) is -0.313. The van der Waals surface area contributed by atoms with Crippen molar-refractivity contribution < 1.29 is 13.5 Å². The molecule has 0 aliphatic heterocycles. The van der Waals surface area contributed by atoms with E-state index < -0.39 is 16.2 Å². The third-order valence-electron chi connectivity index (χ3n) is 2.90. The number of hydrogen-bond acceptors (Lipinski definition) is 1.